The van der Waals surface area contributed by atoms with Gasteiger partial charge in [-0.3, -0.25) is 4.79 Å². The van der Waals surface area contributed by atoms with E-state index in [1.807, 2.05) is 12.1 Å². The van der Waals surface area contributed by atoms with E-state index in [-0.39, 0.29) is 18.9 Å². The summed E-state index contributed by atoms with van der Waals surface area (Å²) < 4.78 is 10.4. The maximum Gasteiger partial charge on any atom is 0.225 e. The summed E-state index contributed by atoms with van der Waals surface area (Å²) >= 11 is 0. The Bertz CT molecular complexity index is 495. The lowest BCUT2D eigenvalue weighted by molar-refractivity contribution is -0.122. The number of methoxy groups -OCH3 is 2. The molecule has 0 atom stereocenters. The molecule has 116 valence electrons. The van der Waals surface area contributed by atoms with Crippen molar-refractivity contribution in [1.82, 2.24) is 5.32 Å². The molecule has 0 unspecified atom stereocenters. The van der Waals surface area contributed by atoms with Crippen LogP contribution in [0.15, 0.2) is 18.2 Å². The highest BCUT2D eigenvalue weighted by molar-refractivity contribution is 5.80. The Labute approximate surface area is 125 Å². The van der Waals surface area contributed by atoms with E-state index >= 15 is 0 Å². The van der Waals surface area contributed by atoms with Crippen LogP contribution in [0.5, 0.6) is 11.5 Å². The molecule has 0 spiro atoms. The molecule has 1 saturated carbocycles. The number of hydrogen-bond donors (Lipinski definition) is 2. The number of aliphatic hydroxyl groups excluding tert-OH is 1. The van der Waals surface area contributed by atoms with Gasteiger partial charge in [0.05, 0.1) is 32.8 Å². The lowest BCUT2D eigenvalue weighted by Crippen LogP contribution is -2.49. The number of amides is 1. The molecule has 5 nitrogen and oxygen atoms in total. The number of benzene rings is 1. The lowest BCUT2D eigenvalue weighted by Gasteiger charge is -2.28. The highest BCUT2D eigenvalue weighted by Gasteiger charge is 2.34. The molecule has 1 amide bonds. The highest BCUT2D eigenvalue weighted by atomic mass is 16.5. The van der Waals surface area contributed by atoms with E-state index in [9.17, 15) is 9.90 Å². The molecular weight excluding hydrogens is 270 g/mol. The maximum absolute atomic E-state index is 12.2. The van der Waals surface area contributed by atoms with Crippen LogP contribution >= 0.6 is 0 Å². The van der Waals surface area contributed by atoms with E-state index in [2.05, 4.69) is 5.32 Å². The third-order valence-corrected chi connectivity index (χ3v) is 4.11. The van der Waals surface area contributed by atoms with Crippen LogP contribution in [0.1, 0.15) is 31.2 Å². The highest BCUT2D eigenvalue weighted by Crippen LogP contribution is 2.30. The van der Waals surface area contributed by atoms with Crippen LogP contribution in [0.25, 0.3) is 0 Å². The minimum absolute atomic E-state index is 0.00150. The first-order valence-electron chi connectivity index (χ1n) is 7.25. The Morgan fingerprint density at radius 3 is 2.57 bits per heavy atom. The summed E-state index contributed by atoms with van der Waals surface area (Å²) in [7, 11) is 3.16. The van der Waals surface area contributed by atoms with Gasteiger partial charge >= 0.3 is 0 Å². The van der Waals surface area contributed by atoms with E-state index in [1.165, 1.54) is 0 Å². The molecule has 0 bridgehead atoms. The van der Waals surface area contributed by atoms with Crippen molar-refractivity contribution in [3.63, 3.8) is 0 Å². The summed E-state index contributed by atoms with van der Waals surface area (Å²) in [5.41, 5.74) is 0.374. The van der Waals surface area contributed by atoms with Gasteiger partial charge in [-0.25, -0.2) is 0 Å². The van der Waals surface area contributed by atoms with E-state index in [1.54, 1.807) is 20.3 Å². The lowest BCUT2D eigenvalue weighted by atomic mass is 9.98. The fourth-order valence-corrected chi connectivity index (χ4v) is 2.89. The van der Waals surface area contributed by atoms with Crippen molar-refractivity contribution in [1.29, 1.82) is 0 Å². The van der Waals surface area contributed by atoms with Crippen molar-refractivity contribution in [3.05, 3.63) is 23.8 Å². The molecule has 1 fully saturated rings. The summed E-state index contributed by atoms with van der Waals surface area (Å²) in [6.07, 6.45) is 4.01. The van der Waals surface area contributed by atoms with Gasteiger partial charge in [0.1, 0.15) is 11.5 Å². The summed E-state index contributed by atoms with van der Waals surface area (Å²) in [6, 6.07) is 5.40. The maximum atomic E-state index is 12.2. The normalized spacial score (nSPS) is 16.5. The van der Waals surface area contributed by atoms with E-state index < -0.39 is 5.54 Å². The smallest absolute Gasteiger partial charge is 0.225 e. The second-order valence-electron chi connectivity index (χ2n) is 5.55. The second-order valence-corrected chi connectivity index (χ2v) is 5.55. The Morgan fingerprint density at radius 2 is 2.00 bits per heavy atom. The van der Waals surface area contributed by atoms with Crippen molar-refractivity contribution in [2.75, 3.05) is 20.8 Å². The molecule has 0 aliphatic heterocycles. The fourth-order valence-electron chi connectivity index (χ4n) is 2.89. The topological polar surface area (TPSA) is 67.8 Å². The molecule has 1 aromatic carbocycles. The number of ether oxygens (including phenoxy) is 2. The van der Waals surface area contributed by atoms with Crippen molar-refractivity contribution in [2.45, 2.75) is 37.6 Å². The molecule has 2 N–H and O–H groups in total. The molecule has 5 heteroatoms. The van der Waals surface area contributed by atoms with E-state index in [0.29, 0.717) is 11.5 Å². The Morgan fingerprint density at radius 1 is 1.29 bits per heavy atom. The predicted molar refractivity (Wildman–Crippen MR) is 79.7 cm³/mol. The number of carbonyl (C=O) groups excluding carboxylic acids is 1. The van der Waals surface area contributed by atoms with Crippen molar-refractivity contribution in [2.24, 2.45) is 0 Å². The van der Waals surface area contributed by atoms with Crippen LogP contribution in [0.2, 0.25) is 0 Å². The van der Waals surface area contributed by atoms with Gasteiger partial charge in [0, 0.05) is 11.6 Å². The molecule has 0 aromatic heterocycles. The first-order valence-corrected chi connectivity index (χ1v) is 7.25. The van der Waals surface area contributed by atoms with Crippen molar-refractivity contribution in [3.8, 4) is 11.5 Å². The molecule has 21 heavy (non-hydrogen) atoms. The van der Waals surface area contributed by atoms with Gasteiger partial charge in [0.15, 0.2) is 0 Å². The molecule has 1 aliphatic rings. The molecule has 0 radical (unpaired) electrons. The zero-order valence-corrected chi connectivity index (χ0v) is 12.6. The Kier molecular flexibility index (Phi) is 5.07. The zero-order chi connectivity index (χ0) is 15.3. The second kappa shape index (κ2) is 6.80. The van der Waals surface area contributed by atoms with Crippen LogP contribution < -0.4 is 14.8 Å². The number of rotatable bonds is 6. The number of aliphatic hydroxyl groups is 1. The summed E-state index contributed by atoms with van der Waals surface area (Å²) in [6.45, 7) is -0.00150. The molecule has 0 heterocycles. The van der Waals surface area contributed by atoms with Gasteiger partial charge in [-0.2, -0.15) is 0 Å². The van der Waals surface area contributed by atoms with Crippen LogP contribution in [0.3, 0.4) is 0 Å². The summed E-state index contributed by atoms with van der Waals surface area (Å²) in [5.74, 6) is 1.24. The molecule has 0 saturated heterocycles. The molecular formula is C16H23NO4. The van der Waals surface area contributed by atoms with Gasteiger partial charge in [0.2, 0.25) is 5.91 Å². The van der Waals surface area contributed by atoms with Gasteiger partial charge in [-0.1, -0.05) is 18.9 Å². The van der Waals surface area contributed by atoms with Gasteiger partial charge in [0.25, 0.3) is 0 Å². The SMILES string of the molecule is COc1ccc(CC(=O)NC2(CO)CCCC2)c(OC)c1. The zero-order valence-electron chi connectivity index (χ0n) is 12.6. The Hall–Kier alpha value is -1.75. The fraction of sp³-hybridized carbons (Fsp3) is 0.562. The van der Waals surface area contributed by atoms with Crippen molar-refractivity contribution < 1.29 is 19.4 Å². The van der Waals surface area contributed by atoms with Crippen LogP contribution in [0.4, 0.5) is 0 Å². The largest absolute Gasteiger partial charge is 0.497 e. The third-order valence-electron chi connectivity index (χ3n) is 4.11. The first kappa shape index (κ1) is 15.6. The monoisotopic (exact) mass is 293 g/mol. The quantitative estimate of drug-likeness (QED) is 0.837. The van der Waals surface area contributed by atoms with Crippen LogP contribution in [0, 0.1) is 0 Å². The summed E-state index contributed by atoms with van der Waals surface area (Å²) in [4.78, 5) is 12.2. The van der Waals surface area contributed by atoms with E-state index in [4.69, 9.17) is 9.47 Å². The molecule has 2 rings (SSSR count). The number of hydrogen-bond acceptors (Lipinski definition) is 4. The van der Waals surface area contributed by atoms with Gasteiger partial charge in [-0.15, -0.1) is 0 Å². The third kappa shape index (κ3) is 3.67. The van der Waals surface area contributed by atoms with E-state index in [0.717, 1.165) is 31.2 Å². The average Bonchev–Trinajstić information content (AvgIpc) is 2.96. The van der Waals surface area contributed by atoms with Gasteiger partial charge in [-0.05, 0) is 18.9 Å². The molecule has 1 aromatic rings. The van der Waals surface area contributed by atoms with Crippen LogP contribution in [-0.4, -0.2) is 37.4 Å². The minimum atomic E-state index is -0.434. The Balaban J connectivity index is 2.05. The van der Waals surface area contributed by atoms with Crippen LogP contribution in [-0.2, 0) is 11.2 Å². The predicted octanol–water partition coefficient (Wildman–Crippen LogP) is 1.67. The number of carbonyl (C=O) groups is 1. The number of nitrogens with one attached hydrogen (secondary N) is 1. The standard InChI is InChI=1S/C16H23NO4/c1-20-13-6-5-12(14(10-13)21-2)9-15(19)17-16(11-18)7-3-4-8-16/h5-6,10,18H,3-4,7-9,11H2,1-2H3,(H,17,19). The minimum Gasteiger partial charge on any atom is -0.497 e. The van der Waals surface area contributed by atoms with Crippen molar-refractivity contribution >= 4 is 5.91 Å². The first-order chi connectivity index (χ1) is 10.1. The summed E-state index contributed by atoms with van der Waals surface area (Å²) in [5, 5.41) is 12.5. The van der Waals surface area contributed by atoms with Gasteiger partial charge < -0.3 is 19.9 Å². The molecule has 1 aliphatic carbocycles. The average molecular weight is 293 g/mol.